The SMILES string of the molecule is CC(C)c1ccc(-c2nc(=O)n(Cc3ccccc3)c3ccc(O)cc23)cc1. The molecule has 0 radical (unpaired) electrons. The second-order valence-corrected chi connectivity index (χ2v) is 7.29. The summed E-state index contributed by atoms with van der Waals surface area (Å²) in [5, 5.41) is 10.8. The van der Waals surface area contributed by atoms with Crippen molar-refractivity contribution in [1.82, 2.24) is 9.55 Å². The molecule has 0 saturated heterocycles. The summed E-state index contributed by atoms with van der Waals surface area (Å²) in [5.74, 6) is 0.584. The van der Waals surface area contributed by atoms with Crippen LogP contribution >= 0.6 is 0 Å². The van der Waals surface area contributed by atoms with Gasteiger partial charge in [-0.2, -0.15) is 4.98 Å². The number of nitrogens with zero attached hydrogens (tertiary/aromatic N) is 2. The molecule has 1 aromatic heterocycles. The van der Waals surface area contributed by atoms with Crippen molar-refractivity contribution in [2.24, 2.45) is 0 Å². The number of aromatic nitrogens is 2. The van der Waals surface area contributed by atoms with E-state index in [0.29, 0.717) is 18.2 Å². The molecule has 0 aliphatic heterocycles. The van der Waals surface area contributed by atoms with Gasteiger partial charge in [0.1, 0.15) is 5.75 Å². The minimum absolute atomic E-state index is 0.152. The highest BCUT2D eigenvalue weighted by molar-refractivity contribution is 5.93. The highest BCUT2D eigenvalue weighted by atomic mass is 16.3. The van der Waals surface area contributed by atoms with Crippen LogP contribution in [-0.4, -0.2) is 14.7 Å². The average Bonchev–Trinajstić information content (AvgIpc) is 2.71. The molecule has 3 aromatic carbocycles. The average molecular weight is 370 g/mol. The molecule has 0 unspecified atom stereocenters. The Morgan fingerprint density at radius 1 is 0.964 bits per heavy atom. The van der Waals surface area contributed by atoms with Gasteiger partial charge in [-0.1, -0.05) is 68.4 Å². The summed E-state index contributed by atoms with van der Waals surface area (Å²) < 4.78 is 1.65. The second kappa shape index (κ2) is 7.31. The Morgan fingerprint density at radius 2 is 1.68 bits per heavy atom. The van der Waals surface area contributed by atoms with Crippen LogP contribution in [0.5, 0.6) is 5.75 Å². The Hall–Kier alpha value is -3.40. The van der Waals surface area contributed by atoms with E-state index in [-0.39, 0.29) is 11.4 Å². The molecule has 4 nitrogen and oxygen atoms in total. The number of hydrogen-bond donors (Lipinski definition) is 1. The summed E-state index contributed by atoms with van der Waals surface area (Å²) in [6.45, 7) is 4.72. The maximum Gasteiger partial charge on any atom is 0.348 e. The Labute approximate surface area is 163 Å². The molecule has 1 N–H and O–H groups in total. The fourth-order valence-corrected chi connectivity index (χ4v) is 3.43. The molecule has 0 bridgehead atoms. The minimum Gasteiger partial charge on any atom is -0.508 e. The molecular formula is C24H22N2O2. The van der Waals surface area contributed by atoms with Gasteiger partial charge < -0.3 is 5.11 Å². The zero-order valence-corrected chi connectivity index (χ0v) is 16.0. The number of rotatable bonds is 4. The van der Waals surface area contributed by atoms with Crippen molar-refractivity contribution < 1.29 is 5.11 Å². The standard InChI is InChI=1S/C24H22N2O2/c1-16(2)18-8-10-19(11-9-18)23-21-14-20(27)12-13-22(21)26(24(28)25-23)15-17-6-4-3-5-7-17/h3-14,16,27H,15H2,1-2H3. The van der Waals surface area contributed by atoms with Crippen molar-refractivity contribution >= 4 is 10.9 Å². The van der Waals surface area contributed by atoms with Crippen molar-refractivity contribution in [2.45, 2.75) is 26.3 Å². The van der Waals surface area contributed by atoms with E-state index in [4.69, 9.17) is 0 Å². The first kappa shape index (κ1) is 18.0. The van der Waals surface area contributed by atoms with Gasteiger partial charge in [0.05, 0.1) is 17.8 Å². The summed E-state index contributed by atoms with van der Waals surface area (Å²) in [6.07, 6.45) is 0. The highest BCUT2D eigenvalue weighted by Crippen LogP contribution is 2.29. The molecule has 0 aliphatic rings. The van der Waals surface area contributed by atoms with Gasteiger partial charge in [-0.3, -0.25) is 4.57 Å². The Morgan fingerprint density at radius 3 is 2.36 bits per heavy atom. The van der Waals surface area contributed by atoms with E-state index in [1.807, 2.05) is 42.5 Å². The molecule has 0 spiro atoms. The summed E-state index contributed by atoms with van der Waals surface area (Å²) in [4.78, 5) is 17.3. The normalized spacial score (nSPS) is 11.2. The predicted molar refractivity (Wildman–Crippen MR) is 113 cm³/mol. The fourth-order valence-electron chi connectivity index (χ4n) is 3.43. The molecule has 0 saturated carbocycles. The summed E-state index contributed by atoms with van der Waals surface area (Å²) in [6, 6.07) is 23.0. The number of fused-ring (bicyclic) bond motifs is 1. The van der Waals surface area contributed by atoms with Gasteiger partial charge in [0.15, 0.2) is 0 Å². The number of phenolic OH excluding ortho intramolecular Hbond substituents is 1. The molecule has 4 rings (SSSR count). The van der Waals surface area contributed by atoms with Crippen molar-refractivity contribution in [2.75, 3.05) is 0 Å². The van der Waals surface area contributed by atoms with Crippen LogP contribution < -0.4 is 5.69 Å². The van der Waals surface area contributed by atoms with Crippen LogP contribution in [0.3, 0.4) is 0 Å². The van der Waals surface area contributed by atoms with E-state index in [1.54, 1.807) is 22.8 Å². The van der Waals surface area contributed by atoms with E-state index in [9.17, 15) is 9.90 Å². The van der Waals surface area contributed by atoms with E-state index >= 15 is 0 Å². The van der Waals surface area contributed by atoms with Crippen LogP contribution in [-0.2, 0) is 6.54 Å². The van der Waals surface area contributed by atoms with Crippen LogP contribution in [0.25, 0.3) is 22.2 Å². The third kappa shape index (κ3) is 3.41. The zero-order chi connectivity index (χ0) is 19.7. The summed E-state index contributed by atoms with van der Waals surface area (Å²) in [5.41, 5.74) is 4.16. The molecule has 0 fully saturated rings. The molecule has 0 atom stereocenters. The monoisotopic (exact) mass is 370 g/mol. The Kier molecular flexibility index (Phi) is 4.70. The van der Waals surface area contributed by atoms with Crippen LogP contribution in [0.1, 0.15) is 30.9 Å². The van der Waals surface area contributed by atoms with Gasteiger partial charge in [-0.25, -0.2) is 4.79 Å². The van der Waals surface area contributed by atoms with Crippen LogP contribution in [0.4, 0.5) is 0 Å². The zero-order valence-electron chi connectivity index (χ0n) is 16.0. The van der Waals surface area contributed by atoms with Crippen LogP contribution in [0, 0.1) is 0 Å². The highest BCUT2D eigenvalue weighted by Gasteiger charge is 2.14. The number of hydrogen-bond acceptors (Lipinski definition) is 3. The Bertz CT molecular complexity index is 1180. The third-order valence-electron chi connectivity index (χ3n) is 5.00. The first-order valence-electron chi connectivity index (χ1n) is 9.41. The third-order valence-corrected chi connectivity index (χ3v) is 5.00. The maximum atomic E-state index is 12.9. The molecule has 28 heavy (non-hydrogen) atoms. The number of phenols is 1. The first-order chi connectivity index (χ1) is 13.5. The largest absolute Gasteiger partial charge is 0.508 e. The molecule has 4 aromatic rings. The smallest absolute Gasteiger partial charge is 0.348 e. The van der Waals surface area contributed by atoms with E-state index in [0.717, 1.165) is 22.0 Å². The number of aromatic hydroxyl groups is 1. The molecule has 1 heterocycles. The predicted octanol–water partition coefficient (Wildman–Crippen LogP) is 4.94. The lowest BCUT2D eigenvalue weighted by Gasteiger charge is -2.14. The second-order valence-electron chi connectivity index (χ2n) is 7.29. The van der Waals surface area contributed by atoms with Crippen LogP contribution in [0.15, 0.2) is 77.6 Å². The van der Waals surface area contributed by atoms with E-state index in [2.05, 4.69) is 31.0 Å². The fraction of sp³-hybridized carbons (Fsp3) is 0.167. The quantitative estimate of drug-likeness (QED) is 0.553. The summed E-state index contributed by atoms with van der Waals surface area (Å²) in [7, 11) is 0. The number of benzene rings is 3. The van der Waals surface area contributed by atoms with Crippen molar-refractivity contribution in [1.29, 1.82) is 0 Å². The van der Waals surface area contributed by atoms with E-state index < -0.39 is 0 Å². The lowest BCUT2D eigenvalue weighted by atomic mass is 9.99. The van der Waals surface area contributed by atoms with Gasteiger partial charge in [0.25, 0.3) is 0 Å². The minimum atomic E-state index is -0.301. The summed E-state index contributed by atoms with van der Waals surface area (Å²) >= 11 is 0. The van der Waals surface area contributed by atoms with Gasteiger partial charge in [0, 0.05) is 10.9 Å². The van der Waals surface area contributed by atoms with Gasteiger partial charge >= 0.3 is 5.69 Å². The Balaban J connectivity index is 1.90. The van der Waals surface area contributed by atoms with Gasteiger partial charge in [-0.05, 0) is 35.2 Å². The first-order valence-corrected chi connectivity index (χ1v) is 9.41. The maximum absolute atomic E-state index is 12.9. The molecule has 0 amide bonds. The van der Waals surface area contributed by atoms with Crippen LogP contribution in [0.2, 0.25) is 0 Å². The molecular weight excluding hydrogens is 348 g/mol. The lowest BCUT2D eigenvalue weighted by Crippen LogP contribution is -2.24. The molecule has 4 heteroatoms. The molecule has 140 valence electrons. The van der Waals surface area contributed by atoms with Gasteiger partial charge in [0.2, 0.25) is 0 Å². The lowest BCUT2D eigenvalue weighted by molar-refractivity contribution is 0.476. The molecule has 0 aliphatic carbocycles. The van der Waals surface area contributed by atoms with Crippen molar-refractivity contribution in [3.05, 3.63) is 94.4 Å². The van der Waals surface area contributed by atoms with E-state index in [1.165, 1.54) is 5.56 Å². The van der Waals surface area contributed by atoms with Crippen molar-refractivity contribution in [3.8, 4) is 17.0 Å². The van der Waals surface area contributed by atoms with Crippen molar-refractivity contribution in [3.63, 3.8) is 0 Å². The van der Waals surface area contributed by atoms with Gasteiger partial charge in [-0.15, -0.1) is 0 Å². The topological polar surface area (TPSA) is 55.1 Å².